The van der Waals surface area contributed by atoms with Crippen molar-refractivity contribution < 1.29 is 19.1 Å². The standard InChI is InChI=1S/C18H19N3O4/c1-12(22)20-15-8-3-4-9-16(15)25-11-17(23)21-14-7-5-6-13(10-14)18(24)19-2/h3-10H,11H2,1-2H3,(H,19,24)(H,20,22)(H,21,23). The number of para-hydroxylation sites is 2. The maximum absolute atomic E-state index is 12.0. The van der Waals surface area contributed by atoms with Crippen molar-refractivity contribution in [3.8, 4) is 5.75 Å². The Balaban J connectivity index is 1.98. The molecule has 130 valence electrons. The number of hydrogen-bond donors (Lipinski definition) is 3. The highest BCUT2D eigenvalue weighted by Gasteiger charge is 2.09. The largest absolute Gasteiger partial charge is 0.482 e. The van der Waals surface area contributed by atoms with E-state index in [1.807, 2.05) is 0 Å². The third-order valence-corrected chi connectivity index (χ3v) is 3.19. The summed E-state index contributed by atoms with van der Waals surface area (Å²) in [4.78, 5) is 34.8. The van der Waals surface area contributed by atoms with Crippen LogP contribution < -0.4 is 20.7 Å². The minimum absolute atomic E-state index is 0.230. The SMILES string of the molecule is CNC(=O)c1cccc(NC(=O)COc2ccccc2NC(C)=O)c1. The van der Waals surface area contributed by atoms with E-state index in [0.29, 0.717) is 22.7 Å². The highest BCUT2D eigenvalue weighted by atomic mass is 16.5. The molecule has 0 aliphatic carbocycles. The van der Waals surface area contributed by atoms with Crippen molar-refractivity contribution in [2.24, 2.45) is 0 Å². The van der Waals surface area contributed by atoms with E-state index in [4.69, 9.17) is 4.74 Å². The van der Waals surface area contributed by atoms with Gasteiger partial charge < -0.3 is 20.7 Å². The van der Waals surface area contributed by atoms with Crippen molar-refractivity contribution in [3.63, 3.8) is 0 Å². The molecule has 25 heavy (non-hydrogen) atoms. The summed E-state index contributed by atoms with van der Waals surface area (Å²) >= 11 is 0. The number of ether oxygens (including phenoxy) is 1. The molecule has 0 saturated carbocycles. The topological polar surface area (TPSA) is 96.5 Å². The fourth-order valence-corrected chi connectivity index (χ4v) is 2.11. The summed E-state index contributed by atoms with van der Waals surface area (Å²) in [5, 5.41) is 7.81. The number of rotatable bonds is 6. The van der Waals surface area contributed by atoms with E-state index in [1.165, 1.54) is 14.0 Å². The highest BCUT2D eigenvalue weighted by molar-refractivity contribution is 5.97. The normalized spacial score (nSPS) is 9.84. The van der Waals surface area contributed by atoms with Crippen molar-refractivity contribution >= 4 is 29.1 Å². The van der Waals surface area contributed by atoms with Crippen molar-refractivity contribution in [2.45, 2.75) is 6.92 Å². The fraction of sp³-hybridized carbons (Fsp3) is 0.167. The van der Waals surface area contributed by atoms with Crippen LogP contribution in [0.15, 0.2) is 48.5 Å². The Morgan fingerprint density at radius 3 is 2.48 bits per heavy atom. The van der Waals surface area contributed by atoms with Gasteiger partial charge in [0, 0.05) is 25.2 Å². The Kier molecular flexibility index (Phi) is 6.11. The van der Waals surface area contributed by atoms with Gasteiger partial charge in [0.1, 0.15) is 5.75 Å². The first-order valence-corrected chi connectivity index (χ1v) is 7.61. The first kappa shape index (κ1) is 18.0. The number of nitrogens with one attached hydrogen (secondary N) is 3. The van der Waals surface area contributed by atoms with Crippen LogP contribution in [-0.2, 0) is 9.59 Å². The first-order valence-electron chi connectivity index (χ1n) is 7.61. The zero-order valence-electron chi connectivity index (χ0n) is 14.0. The summed E-state index contributed by atoms with van der Waals surface area (Å²) in [6.45, 7) is 1.16. The van der Waals surface area contributed by atoms with E-state index < -0.39 is 0 Å². The predicted octanol–water partition coefficient (Wildman–Crippen LogP) is 2.02. The first-order chi connectivity index (χ1) is 12.0. The van der Waals surface area contributed by atoms with E-state index in [0.717, 1.165) is 0 Å². The molecule has 3 N–H and O–H groups in total. The molecule has 7 nitrogen and oxygen atoms in total. The minimum atomic E-state index is -0.383. The molecule has 0 unspecified atom stereocenters. The molecule has 2 rings (SSSR count). The van der Waals surface area contributed by atoms with Gasteiger partial charge in [-0.25, -0.2) is 0 Å². The Bertz CT molecular complexity index is 789. The maximum Gasteiger partial charge on any atom is 0.262 e. The van der Waals surface area contributed by atoms with Crippen molar-refractivity contribution in [2.75, 3.05) is 24.3 Å². The number of carbonyl (C=O) groups is 3. The molecular weight excluding hydrogens is 322 g/mol. The molecule has 0 radical (unpaired) electrons. The van der Waals surface area contributed by atoms with Gasteiger partial charge >= 0.3 is 0 Å². The number of hydrogen-bond acceptors (Lipinski definition) is 4. The second-order valence-corrected chi connectivity index (χ2v) is 5.17. The van der Waals surface area contributed by atoms with Gasteiger partial charge in [0.15, 0.2) is 6.61 Å². The molecule has 0 atom stereocenters. The summed E-state index contributed by atoms with van der Waals surface area (Å²) in [7, 11) is 1.54. The molecule has 0 bridgehead atoms. The number of amides is 3. The molecule has 7 heteroatoms. The molecule has 0 saturated heterocycles. The smallest absolute Gasteiger partial charge is 0.262 e. The molecule has 0 aliphatic rings. The van der Waals surface area contributed by atoms with E-state index in [9.17, 15) is 14.4 Å². The molecule has 2 aromatic rings. The van der Waals surface area contributed by atoms with E-state index in [2.05, 4.69) is 16.0 Å². The minimum Gasteiger partial charge on any atom is -0.482 e. The zero-order chi connectivity index (χ0) is 18.2. The third kappa shape index (κ3) is 5.35. The Hall–Kier alpha value is -3.35. The summed E-state index contributed by atoms with van der Waals surface area (Å²) in [5.74, 6) is -0.457. The van der Waals surface area contributed by atoms with Crippen molar-refractivity contribution in [1.29, 1.82) is 0 Å². The van der Waals surface area contributed by atoms with Crippen molar-refractivity contribution in [1.82, 2.24) is 5.32 Å². The zero-order valence-corrected chi connectivity index (χ0v) is 14.0. The second-order valence-electron chi connectivity index (χ2n) is 5.17. The van der Waals surface area contributed by atoms with Gasteiger partial charge in [-0.3, -0.25) is 14.4 Å². The Labute approximate surface area is 145 Å². The van der Waals surface area contributed by atoms with Gasteiger partial charge in [-0.1, -0.05) is 18.2 Å². The lowest BCUT2D eigenvalue weighted by Gasteiger charge is -2.12. The van der Waals surface area contributed by atoms with E-state index in [1.54, 1.807) is 48.5 Å². The third-order valence-electron chi connectivity index (χ3n) is 3.19. The number of carbonyl (C=O) groups excluding carboxylic acids is 3. The van der Waals surface area contributed by atoms with Crippen LogP contribution >= 0.6 is 0 Å². The Morgan fingerprint density at radius 2 is 1.76 bits per heavy atom. The quantitative estimate of drug-likeness (QED) is 0.749. The predicted molar refractivity (Wildman–Crippen MR) is 94.7 cm³/mol. The number of anilines is 2. The lowest BCUT2D eigenvalue weighted by Crippen LogP contribution is -2.21. The molecule has 0 fully saturated rings. The monoisotopic (exact) mass is 341 g/mol. The van der Waals surface area contributed by atoms with Crippen LogP contribution in [0.25, 0.3) is 0 Å². The van der Waals surface area contributed by atoms with Crippen LogP contribution in [-0.4, -0.2) is 31.4 Å². The maximum atomic E-state index is 12.0. The molecule has 2 aromatic carbocycles. The molecule has 0 spiro atoms. The molecule has 0 heterocycles. The molecule has 0 aromatic heterocycles. The average molecular weight is 341 g/mol. The molecule has 0 aliphatic heterocycles. The Morgan fingerprint density at radius 1 is 1.00 bits per heavy atom. The van der Waals surface area contributed by atoms with Crippen LogP contribution in [0.4, 0.5) is 11.4 Å². The summed E-state index contributed by atoms with van der Waals surface area (Å²) in [5.41, 5.74) is 1.42. The molecular formula is C18H19N3O4. The average Bonchev–Trinajstić information content (AvgIpc) is 2.60. The number of benzene rings is 2. The van der Waals surface area contributed by atoms with Gasteiger partial charge in [0.2, 0.25) is 5.91 Å². The van der Waals surface area contributed by atoms with Gasteiger partial charge in [0.05, 0.1) is 5.69 Å². The van der Waals surface area contributed by atoms with Gasteiger partial charge in [-0.2, -0.15) is 0 Å². The van der Waals surface area contributed by atoms with Gasteiger partial charge in [-0.15, -0.1) is 0 Å². The van der Waals surface area contributed by atoms with E-state index in [-0.39, 0.29) is 24.3 Å². The molecule has 3 amide bonds. The van der Waals surface area contributed by atoms with Gasteiger partial charge in [-0.05, 0) is 30.3 Å². The fourth-order valence-electron chi connectivity index (χ4n) is 2.11. The van der Waals surface area contributed by atoms with Crippen LogP contribution in [0.1, 0.15) is 17.3 Å². The van der Waals surface area contributed by atoms with Crippen LogP contribution in [0, 0.1) is 0 Å². The van der Waals surface area contributed by atoms with E-state index >= 15 is 0 Å². The lowest BCUT2D eigenvalue weighted by molar-refractivity contribution is -0.118. The summed E-state index contributed by atoms with van der Waals surface area (Å²) in [6, 6.07) is 13.4. The van der Waals surface area contributed by atoms with Gasteiger partial charge in [0.25, 0.3) is 11.8 Å². The lowest BCUT2D eigenvalue weighted by atomic mass is 10.2. The summed E-state index contributed by atoms with van der Waals surface area (Å²) < 4.78 is 5.46. The second kappa shape index (κ2) is 8.49. The highest BCUT2D eigenvalue weighted by Crippen LogP contribution is 2.23. The summed E-state index contributed by atoms with van der Waals surface area (Å²) in [6.07, 6.45) is 0. The van der Waals surface area contributed by atoms with Crippen LogP contribution in [0.2, 0.25) is 0 Å². The van der Waals surface area contributed by atoms with Crippen molar-refractivity contribution in [3.05, 3.63) is 54.1 Å². The van der Waals surface area contributed by atoms with Crippen LogP contribution in [0.5, 0.6) is 5.75 Å². The van der Waals surface area contributed by atoms with Crippen LogP contribution in [0.3, 0.4) is 0 Å².